The van der Waals surface area contributed by atoms with E-state index in [1.54, 1.807) is 0 Å². The Hall–Kier alpha value is -2.09. The number of hydrogen-bond acceptors (Lipinski definition) is 1. The number of hydrogen-bond donors (Lipinski definition) is 0. The largest absolute Gasteiger partial charge is 0.285 e. The van der Waals surface area contributed by atoms with Gasteiger partial charge in [0, 0.05) is 27.4 Å². The Morgan fingerprint density at radius 1 is 0.792 bits per heavy atom. The zero-order valence-electron chi connectivity index (χ0n) is 13.3. The second-order valence-electron chi connectivity index (χ2n) is 5.54. The molecular formula is C21H17Cl2N. The summed E-state index contributed by atoms with van der Waals surface area (Å²) < 4.78 is 0. The van der Waals surface area contributed by atoms with Gasteiger partial charge in [-0.25, -0.2) is 0 Å². The normalized spacial score (nSPS) is 12.5. The fourth-order valence-corrected chi connectivity index (χ4v) is 3.38. The van der Waals surface area contributed by atoms with Crippen molar-refractivity contribution >= 4 is 29.4 Å². The molecule has 0 aromatic heterocycles. The third kappa shape index (κ3) is 3.69. The molecule has 1 nitrogen and oxygen atoms in total. The van der Waals surface area contributed by atoms with Crippen molar-refractivity contribution in [3.05, 3.63) is 94.0 Å². The number of halogens is 2. The Labute approximate surface area is 152 Å². The van der Waals surface area contributed by atoms with Crippen molar-refractivity contribution in [3.8, 4) is 11.1 Å². The van der Waals surface area contributed by atoms with E-state index in [4.69, 9.17) is 23.2 Å². The molecule has 1 atom stereocenters. The zero-order chi connectivity index (χ0) is 16.9. The van der Waals surface area contributed by atoms with Gasteiger partial charge in [-0.15, -0.1) is 0 Å². The van der Waals surface area contributed by atoms with E-state index >= 15 is 0 Å². The predicted molar refractivity (Wildman–Crippen MR) is 104 cm³/mol. The minimum Gasteiger partial charge on any atom is -0.285 e. The number of aliphatic imine (C=N–C) groups is 1. The molecule has 0 bridgehead atoms. The van der Waals surface area contributed by atoms with Gasteiger partial charge in [-0.3, -0.25) is 4.99 Å². The Kier molecular flexibility index (Phi) is 5.34. The summed E-state index contributed by atoms with van der Waals surface area (Å²) in [4.78, 5) is 4.68. The van der Waals surface area contributed by atoms with Gasteiger partial charge in [-0.1, -0.05) is 83.9 Å². The maximum Gasteiger partial charge on any atom is 0.0750 e. The van der Waals surface area contributed by atoms with Crippen LogP contribution in [0, 0.1) is 0 Å². The summed E-state index contributed by atoms with van der Waals surface area (Å²) in [6.07, 6.45) is 1.90. The van der Waals surface area contributed by atoms with Crippen LogP contribution in [0.1, 0.15) is 24.1 Å². The molecule has 0 saturated carbocycles. The third-order valence-electron chi connectivity index (χ3n) is 3.90. The molecule has 0 aliphatic heterocycles. The zero-order valence-corrected chi connectivity index (χ0v) is 14.8. The van der Waals surface area contributed by atoms with E-state index in [0.717, 1.165) is 16.7 Å². The molecule has 0 radical (unpaired) electrons. The molecule has 0 aliphatic carbocycles. The van der Waals surface area contributed by atoms with Gasteiger partial charge in [0.05, 0.1) is 6.04 Å². The molecule has 120 valence electrons. The maximum absolute atomic E-state index is 6.27. The van der Waals surface area contributed by atoms with Crippen LogP contribution in [-0.4, -0.2) is 6.21 Å². The fraction of sp³-hybridized carbons (Fsp3) is 0.0952. The van der Waals surface area contributed by atoms with Crippen LogP contribution < -0.4 is 0 Å². The average Bonchev–Trinajstić information content (AvgIpc) is 2.61. The van der Waals surface area contributed by atoms with Crippen molar-refractivity contribution in [1.29, 1.82) is 0 Å². The van der Waals surface area contributed by atoms with Crippen LogP contribution in [-0.2, 0) is 0 Å². The molecule has 1 unspecified atom stereocenters. The maximum atomic E-state index is 6.27. The topological polar surface area (TPSA) is 12.4 Å². The van der Waals surface area contributed by atoms with Crippen molar-refractivity contribution in [1.82, 2.24) is 0 Å². The standard InChI is InChI=1S/C21H17Cl2N/c1-15(21-19(22)12-7-13-20(21)23)24-14-17-10-5-6-11-18(17)16-8-3-2-4-9-16/h2-15H,1H3. The molecule has 3 aromatic rings. The Morgan fingerprint density at radius 2 is 1.42 bits per heavy atom. The number of rotatable bonds is 4. The molecule has 0 aliphatic rings. The van der Waals surface area contributed by atoms with E-state index in [2.05, 4.69) is 29.3 Å². The molecule has 0 fully saturated rings. The minimum absolute atomic E-state index is 0.116. The van der Waals surface area contributed by atoms with Gasteiger partial charge in [-0.05, 0) is 30.2 Å². The van der Waals surface area contributed by atoms with Gasteiger partial charge in [0.1, 0.15) is 0 Å². The molecule has 24 heavy (non-hydrogen) atoms. The lowest BCUT2D eigenvalue weighted by molar-refractivity contribution is 0.826. The summed E-state index contributed by atoms with van der Waals surface area (Å²) >= 11 is 12.5. The van der Waals surface area contributed by atoms with Crippen LogP contribution in [0.5, 0.6) is 0 Å². The van der Waals surface area contributed by atoms with Crippen LogP contribution in [0.2, 0.25) is 10.0 Å². The first-order valence-electron chi connectivity index (χ1n) is 7.78. The smallest absolute Gasteiger partial charge is 0.0750 e. The summed E-state index contributed by atoms with van der Waals surface area (Å²) in [6.45, 7) is 1.99. The van der Waals surface area contributed by atoms with E-state index in [1.165, 1.54) is 5.56 Å². The lowest BCUT2D eigenvalue weighted by atomic mass is 10.0. The van der Waals surface area contributed by atoms with Crippen molar-refractivity contribution in [2.45, 2.75) is 13.0 Å². The summed E-state index contributed by atoms with van der Waals surface area (Å²) in [6, 6.07) is 23.9. The van der Waals surface area contributed by atoms with Gasteiger partial charge in [0.25, 0.3) is 0 Å². The van der Waals surface area contributed by atoms with Gasteiger partial charge in [0.2, 0.25) is 0 Å². The number of nitrogens with zero attached hydrogens (tertiary/aromatic N) is 1. The highest BCUT2D eigenvalue weighted by Crippen LogP contribution is 2.32. The van der Waals surface area contributed by atoms with Crippen LogP contribution in [0.25, 0.3) is 11.1 Å². The van der Waals surface area contributed by atoms with Crippen LogP contribution in [0.4, 0.5) is 0 Å². The average molecular weight is 354 g/mol. The lowest BCUT2D eigenvalue weighted by Gasteiger charge is -2.12. The first-order valence-corrected chi connectivity index (χ1v) is 8.54. The Morgan fingerprint density at radius 3 is 2.12 bits per heavy atom. The van der Waals surface area contributed by atoms with E-state index in [-0.39, 0.29) is 6.04 Å². The van der Waals surface area contributed by atoms with Gasteiger partial charge in [-0.2, -0.15) is 0 Å². The van der Waals surface area contributed by atoms with E-state index in [1.807, 2.05) is 61.7 Å². The van der Waals surface area contributed by atoms with Crippen LogP contribution in [0.3, 0.4) is 0 Å². The summed E-state index contributed by atoms with van der Waals surface area (Å²) in [5, 5.41) is 1.28. The molecular weight excluding hydrogens is 337 g/mol. The Bertz CT molecular complexity index is 836. The summed E-state index contributed by atoms with van der Waals surface area (Å²) in [5.74, 6) is 0. The van der Waals surface area contributed by atoms with E-state index in [0.29, 0.717) is 10.0 Å². The number of benzene rings is 3. The molecule has 0 amide bonds. The fourth-order valence-electron chi connectivity index (χ4n) is 2.67. The molecule has 0 spiro atoms. The van der Waals surface area contributed by atoms with Crippen LogP contribution in [0.15, 0.2) is 77.8 Å². The van der Waals surface area contributed by atoms with Crippen molar-refractivity contribution < 1.29 is 0 Å². The second kappa shape index (κ2) is 7.65. The first kappa shape index (κ1) is 16.8. The Balaban J connectivity index is 1.93. The highest BCUT2D eigenvalue weighted by molar-refractivity contribution is 6.36. The molecule has 0 saturated heterocycles. The lowest BCUT2D eigenvalue weighted by Crippen LogP contribution is -1.95. The quantitative estimate of drug-likeness (QED) is 0.455. The monoisotopic (exact) mass is 353 g/mol. The summed E-state index contributed by atoms with van der Waals surface area (Å²) in [7, 11) is 0. The van der Waals surface area contributed by atoms with Crippen molar-refractivity contribution in [2.75, 3.05) is 0 Å². The second-order valence-corrected chi connectivity index (χ2v) is 6.36. The highest BCUT2D eigenvalue weighted by Gasteiger charge is 2.12. The highest BCUT2D eigenvalue weighted by atomic mass is 35.5. The SMILES string of the molecule is CC(N=Cc1ccccc1-c1ccccc1)c1c(Cl)cccc1Cl. The van der Waals surface area contributed by atoms with Gasteiger partial charge in [0.15, 0.2) is 0 Å². The first-order chi connectivity index (χ1) is 11.7. The van der Waals surface area contributed by atoms with Gasteiger partial charge < -0.3 is 0 Å². The molecule has 3 heteroatoms. The van der Waals surface area contributed by atoms with E-state index in [9.17, 15) is 0 Å². The molecule has 3 aromatic carbocycles. The summed E-state index contributed by atoms with van der Waals surface area (Å²) in [5.41, 5.74) is 4.25. The van der Waals surface area contributed by atoms with Gasteiger partial charge >= 0.3 is 0 Å². The van der Waals surface area contributed by atoms with Crippen molar-refractivity contribution in [3.63, 3.8) is 0 Å². The predicted octanol–water partition coefficient (Wildman–Crippen LogP) is 6.84. The molecule has 0 N–H and O–H groups in total. The molecule has 0 heterocycles. The minimum atomic E-state index is -0.116. The van der Waals surface area contributed by atoms with Crippen molar-refractivity contribution in [2.24, 2.45) is 4.99 Å². The third-order valence-corrected chi connectivity index (χ3v) is 4.56. The molecule has 3 rings (SSSR count). The van der Waals surface area contributed by atoms with E-state index < -0.39 is 0 Å². The van der Waals surface area contributed by atoms with Crippen LogP contribution >= 0.6 is 23.2 Å².